The second-order valence-electron chi connectivity index (χ2n) is 12.4. The zero-order valence-electron chi connectivity index (χ0n) is 28.4. The first-order valence-electron chi connectivity index (χ1n) is 17.2. The van der Waals surface area contributed by atoms with Gasteiger partial charge in [0.15, 0.2) is 10.3 Å². The number of anilines is 1. The number of furan rings is 1. The molecule has 0 bridgehead atoms. The first-order valence-corrected chi connectivity index (χ1v) is 21.1. The fourth-order valence-corrected chi connectivity index (χ4v) is 10.1. The minimum Gasteiger partial charge on any atom is -0.456 e. The van der Waals surface area contributed by atoms with Crippen LogP contribution in [0.2, 0.25) is 0 Å². The molecule has 2 amide bonds. The molecule has 10 nitrogen and oxygen atoms in total. The van der Waals surface area contributed by atoms with Crippen LogP contribution in [0.3, 0.4) is 0 Å². The van der Waals surface area contributed by atoms with E-state index in [-0.39, 0.29) is 24.0 Å². The molecule has 13 heteroatoms. The molecule has 48 heavy (non-hydrogen) atoms. The maximum Gasteiger partial charge on any atom is 0.266 e. The maximum atomic E-state index is 14.0. The molecule has 0 spiro atoms. The Bertz CT molecular complexity index is 1610. The number of nitrogens with zero attached hydrogens (tertiary/aromatic N) is 1. The third-order valence-corrected chi connectivity index (χ3v) is 13.7. The van der Waals surface area contributed by atoms with E-state index in [0.717, 1.165) is 23.6 Å². The number of benzene rings is 2. The summed E-state index contributed by atoms with van der Waals surface area (Å²) in [5.41, 5.74) is 3.25. The van der Waals surface area contributed by atoms with E-state index in [1.807, 2.05) is 6.07 Å². The van der Waals surface area contributed by atoms with Gasteiger partial charge in [-0.2, -0.15) is 4.31 Å². The highest BCUT2D eigenvalue weighted by Gasteiger charge is 2.53. The Morgan fingerprint density at radius 1 is 0.875 bits per heavy atom. The van der Waals surface area contributed by atoms with E-state index >= 15 is 0 Å². The average Bonchev–Trinajstić information content (AvgIpc) is 3.46. The highest BCUT2D eigenvalue weighted by atomic mass is 32.2. The van der Waals surface area contributed by atoms with Crippen LogP contribution in [0, 0.1) is 0 Å². The van der Waals surface area contributed by atoms with Crippen LogP contribution < -0.4 is 10.8 Å². The van der Waals surface area contributed by atoms with Crippen molar-refractivity contribution in [2.75, 3.05) is 31.0 Å². The van der Waals surface area contributed by atoms with Crippen LogP contribution in [-0.4, -0.2) is 65.7 Å². The van der Waals surface area contributed by atoms with E-state index in [0.29, 0.717) is 34.0 Å². The van der Waals surface area contributed by atoms with Gasteiger partial charge in [0.25, 0.3) is 5.91 Å². The largest absolute Gasteiger partial charge is 0.456 e. The van der Waals surface area contributed by atoms with Crippen LogP contribution in [0.4, 0.5) is 5.69 Å². The summed E-state index contributed by atoms with van der Waals surface area (Å²) >= 11 is 2.40. The second-order valence-corrected chi connectivity index (χ2v) is 16.5. The second kappa shape index (κ2) is 18.6. The molecule has 1 aliphatic rings. The van der Waals surface area contributed by atoms with Crippen molar-refractivity contribution >= 4 is 73.0 Å². The standard InChI is InChI=1S/C35H51N3O7S3/c1-4-5-6-7-8-9-10-11-12-13-14-15-16-17-32(39)36-26-18-20-28-29-25-27(19-21-30(29)45-31(28)24-26)48(42,43)38-22-23-44-35(46-2,47-3)33(38)34(40)37-41/h18-21,24-25,33,41H,4-17,22-23H2,1-3H3,(H,36,39)(H,37,40). The maximum absolute atomic E-state index is 14.0. The Balaban J connectivity index is 1.33. The first-order chi connectivity index (χ1) is 23.2. The van der Waals surface area contributed by atoms with E-state index in [9.17, 15) is 23.2 Å². The lowest BCUT2D eigenvalue weighted by atomic mass is 10.0. The van der Waals surface area contributed by atoms with Gasteiger partial charge in [0.1, 0.15) is 11.2 Å². The van der Waals surface area contributed by atoms with Gasteiger partial charge in [0.2, 0.25) is 15.9 Å². The van der Waals surface area contributed by atoms with Gasteiger partial charge >= 0.3 is 0 Å². The Kier molecular flexibility index (Phi) is 14.9. The van der Waals surface area contributed by atoms with Gasteiger partial charge in [-0.25, -0.2) is 13.9 Å². The van der Waals surface area contributed by atoms with Crippen molar-refractivity contribution in [3.05, 3.63) is 36.4 Å². The highest BCUT2D eigenvalue weighted by molar-refractivity contribution is 8.17. The van der Waals surface area contributed by atoms with E-state index in [2.05, 4.69) is 12.2 Å². The van der Waals surface area contributed by atoms with E-state index in [1.165, 1.54) is 99.9 Å². The summed E-state index contributed by atoms with van der Waals surface area (Å²) in [6.07, 6.45) is 20.2. The minimum atomic E-state index is -4.19. The number of sulfonamides is 1. The van der Waals surface area contributed by atoms with Crippen LogP contribution >= 0.6 is 23.5 Å². The number of thioether (sulfide) groups is 2. The molecule has 1 fully saturated rings. The van der Waals surface area contributed by atoms with Gasteiger partial charge in [-0.05, 0) is 49.3 Å². The minimum absolute atomic E-state index is 0.0124. The Labute approximate surface area is 293 Å². The number of amides is 2. The highest BCUT2D eigenvalue weighted by Crippen LogP contribution is 2.45. The predicted molar refractivity (Wildman–Crippen MR) is 196 cm³/mol. The zero-order chi connectivity index (χ0) is 34.6. The summed E-state index contributed by atoms with van der Waals surface area (Å²) in [5.74, 6) is -0.916. The summed E-state index contributed by atoms with van der Waals surface area (Å²) in [7, 11) is -4.19. The molecule has 0 radical (unpaired) electrons. The first kappa shape index (κ1) is 38.5. The Morgan fingerprint density at radius 2 is 1.50 bits per heavy atom. The number of hydroxylamine groups is 1. The Morgan fingerprint density at radius 3 is 2.10 bits per heavy atom. The van der Waals surface area contributed by atoms with Crippen LogP contribution in [0.5, 0.6) is 0 Å². The molecular weight excluding hydrogens is 671 g/mol. The molecule has 1 aliphatic heterocycles. The van der Waals surface area contributed by atoms with Gasteiger partial charge in [0, 0.05) is 35.5 Å². The van der Waals surface area contributed by atoms with E-state index < -0.39 is 26.2 Å². The molecule has 2 heterocycles. The third-order valence-electron chi connectivity index (χ3n) is 9.01. The fourth-order valence-electron chi connectivity index (χ4n) is 6.35. The normalized spacial score (nSPS) is 16.8. The number of unbranched alkanes of at least 4 members (excludes halogenated alkanes) is 12. The summed E-state index contributed by atoms with van der Waals surface area (Å²) in [6, 6.07) is 8.60. The van der Waals surface area contributed by atoms with Crippen molar-refractivity contribution in [3.8, 4) is 0 Å². The molecule has 1 atom stereocenters. The lowest BCUT2D eigenvalue weighted by Gasteiger charge is -2.45. The number of morpholine rings is 1. The molecule has 3 N–H and O–H groups in total. The molecule has 1 unspecified atom stereocenters. The van der Waals surface area contributed by atoms with Crippen molar-refractivity contribution in [2.45, 2.75) is 112 Å². The quantitative estimate of drug-likeness (QED) is 0.0455. The van der Waals surface area contributed by atoms with Crippen LogP contribution in [0.1, 0.15) is 96.8 Å². The molecular formula is C35H51N3O7S3. The van der Waals surface area contributed by atoms with Crippen LogP contribution in [0.25, 0.3) is 21.9 Å². The topological polar surface area (TPSA) is 138 Å². The number of carbonyl (C=O) groups is 2. The van der Waals surface area contributed by atoms with Crippen molar-refractivity contribution < 1.29 is 32.4 Å². The molecule has 0 aliphatic carbocycles. The lowest BCUT2D eigenvalue weighted by molar-refractivity contribution is -0.140. The third kappa shape index (κ3) is 9.48. The number of ether oxygens (including phenoxy) is 1. The van der Waals surface area contributed by atoms with Gasteiger partial charge in [-0.15, -0.1) is 23.5 Å². The smallest absolute Gasteiger partial charge is 0.266 e. The fraction of sp³-hybridized carbons (Fsp3) is 0.600. The van der Waals surface area contributed by atoms with E-state index in [4.69, 9.17) is 9.15 Å². The van der Waals surface area contributed by atoms with Crippen molar-refractivity contribution in [1.82, 2.24) is 9.79 Å². The number of carbonyl (C=O) groups excluding carboxylic acids is 2. The van der Waals surface area contributed by atoms with Crippen molar-refractivity contribution in [2.24, 2.45) is 0 Å². The average molecular weight is 722 g/mol. The molecule has 1 aromatic heterocycles. The van der Waals surface area contributed by atoms with Gasteiger partial charge < -0.3 is 14.5 Å². The van der Waals surface area contributed by atoms with E-state index in [1.54, 1.807) is 36.2 Å². The number of rotatable bonds is 20. The predicted octanol–water partition coefficient (Wildman–Crippen LogP) is 8.28. The summed E-state index contributed by atoms with van der Waals surface area (Å²) in [6.45, 7) is 2.28. The van der Waals surface area contributed by atoms with Crippen LogP contribution in [0.15, 0.2) is 45.7 Å². The lowest BCUT2D eigenvalue weighted by Crippen LogP contribution is -2.63. The van der Waals surface area contributed by atoms with Gasteiger partial charge in [-0.3, -0.25) is 14.8 Å². The van der Waals surface area contributed by atoms with Gasteiger partial charge in [0.05, 0.1) is 11.5 Å². The zero-order valence-corrected chi connectivity index (χ0v) is 30.9. The summed E-state index contributed by atoms with van der Waals surface area (Å²) < 4.78 is 39.7. The molecule has 0 saturated carbocycles. The number of fused-ring (bicyclic) bond motifs is 3. The molecule has 4 rings (SSSR count). The summed E-state index contributed by atoms with van der Waals surface area (Å²) in [4.78, 5) is 25.4. The Hall–Kier alpha value is -2.29. The summed E-state index contributed by atoms with van der Waals surface area (Å²) in [5, 5.41) is 13.7. The molecule has 2 aromatic carbocycles. The number of hydrogen-bond donors (Lipinski definition) is 3. The monoisotopic (exact) mass is 721 g/mol. The SMILES string of the molecule is CCCCCCCCCCCCCCCC(=O)Nc1ccc2c(c1)oc1ccc(S(=O)(=O)N3CCOC(SC)(SC)C3C(=O)NO)cc12. The van der Waals surface area contributed by atoms with Crippen molar-refractivity contribution in [1.29, 1.82) is 0 Å². The number of nitrogens with one attached hydrogen (secondary N) is 2. The van der Waals surface area contributed by atoms with Crippen LogP contribution in [-0.2, 0) is 24.3 Å². The van der Waals surface area contributed by atoms with Crippen molar-refractivity contribution in [3.63, 3.8) is 0 Å². The van der Waals surface area contributed by atoms with Gasteiger partial charge in [-0.1, -0.05) is 84.0 Å². The molecule has 3 aromatic rings. The number of hydrogen-bond acceptors (Lipinski definition) is 9. The molecule has 266 valence electrons. The molecule has 1 saturated heterocycles.